The van der Waals surface area contributed by atoms with Crippen LogP contribution in [0.1, 0.15) is 77.6 Å². The maximum absolute atomic E-state index is 10.4. The average Bonchev–Trinajstić information content (AvgIpc) is 2.30. The monoisotopic (exact) mass is 316 g/mol. The van der Waals surface area contributed by atoms with Crippen molar-refractivity contribution in [2.24, 2.45) is 0 Å². The Hall–Kier alpha value is 0.870. The Morgan fingerprint density at radius 1 is 0.900 bits per heavy atom. The van der Waals surface area contributed by atoms with E-state index < -0.39 is 10.1 Å². The van der Waals surface area contributed by atoms with Gasteiger partial charge in [-0.15, -0.1) is 0 Å². The van der Waals surface area contributed by atoms with Crippen LogP contribution < -0.4 is 29.6 Å². The first-order valence-corrected chi connectivity index (χ1v) is 9.15. The minimum absolute atomic E-state index is 0. The molecular weight excluding hydrogens is 287 g/mol. The molecule has 0 aromatic rings. The van der Waals surface area contributed by atoms with Gasteiger partial charge in [0.25, 0.3) is 0 Å². The van der Waals surface area contributed by atoms with Crippen molar-refractivity contribution in [1.82, 2.24) is 0 Å². The summed E-state index contributed by atoms with van der Waals surface area (Å²) in [5, 5.41) is 9.54. The summed E-state index contributed by atoms with van der Waals surface area (Å²) in [5.41, 5.74) is 0. The average molecular weight is 316 g/mol. The van der Waals surface area contributed by atoms with Crippen molar-refractivity contribution in [3.63, 3.8) is 0 Å². The van der Waals surface area contributed by atoms with Gasteiger partial charge < -0.3 is 9.66 Å². The molecule has 1 unspecified atom stereocenters. The van der Waals surface area contributed by atoms with E-state index in [1.165, 1.54) is 6.42 Å². The van der Waals surface area contributed by atoms with Gasteiger partial charge in [0.1, 0.15) is 0 Å². The standard InChI is InChI=1S/C14H30O4S.Na/c1-2-11-14(15)12-9-7-5-3-4-6-8-10-13-19(16,17)18;/h14-15H,2-13H2,1H3,(H,16,17,18);/q;+1/p-1. The van der Waals surface area contributed by atoms with Gasteiger partial charge in [0.05, 0.1) is 16.2 Å². The van der Waals surface area contributed by atoms with E-state index in [-0.39, 0.29) is 41.4 Å². The molecule has 0 spiro atoms. The topological polar surface area (TPSA) is 77.4 Å². The van der Waals surface area contributed by atoms with Crippen molar-refractivity contribution in [1.29, 1.82) is 0 Å². The van der Waals surface area contributed by atoms with Crippen LogP contribution >= 0.6 is 0 Å². The summed E-state index contributed by atoms with van der Waals surface area (Å²) < 4.78 is 31.1. The fourth-order valence-electron chi connectivity index (χ4n) is 2.20. The SMILES string of the molecule is CCCC(O)CCCCCCCCCCS(=O)(=O)[O-].[Na+]. The first-order valence-electron chi connectivity index (χ1n) is 7.57. The second kappa shape index (κ2) is 14.8. The number of unbranched alkanes of at least 4 members (excludes halogenated alkanes) is 7. The zero-order valence-electron chi connectivity index (χ0n) is 13.1. The molecule has 0 fully saturated rings. The van der Waals surface area contributed by atoms with Crippen molar-refractivity contribution in [3.8, 4) is 0 Å². The van der Waals surface area contributed by atoms with E-state index in [9.17, 15) is 18.1 Å². The van der Waals surface area contributed by atoms with Gasteiger partial charge in [-0.25, -0.2) is 8.42 Å². The third-order valence-electron chi connectivity index (χ3n) is 3.30. The van der Waals surface area contributed by atoms with Crippen molar-refractivity contribution in [2.45, 2.75) is 83.7 Å². The maximum Gasteiger partial charge on any atom is 1.00 e. The number of hydrogen-bond donors (Lipinski definition) is 1. The molecule has 0 aliphatic heterocycles. The number of rotatable bonds is 13. The summed E-state index contributed by atoms with van der Waals surface area (Å²) in [4.78, 5) is 0. The molecule has 20 heavy (non-hydrogen) atoms. The second-order valence-electron chi connectivity index (χ2n) is 5.32. The van der Waals surface area contributed by atoms with Crippen molar-refractivity contribution < 1.29 is 47.6 Å². The third-order valence-corrected chi connectivity index (χ3v) is 4.09. The van der Waals surface area contributed by atoms with Gasteiger partial charge in [-0.1, -0.05) is 58.3 Å². The van der Waals surface area contributed by atoms with E-state index in [4.69, 9.17) is 0 Å². The Morgan fingerprint density at radius 3 is 1.80 bits per heavy atom. The van der Waals surface area contributed by atoms with E-state index in [1.807, 2.05) is 0 Å². The summed E-state index contributed by atoms with van der Waals surface area (Å²) >= 11 is 0. The Labute approximate surface area is 146 Å². The van der Waals surface area contributed by atoms with E-state index in [1.54, 1.807) is 0 Å². The van der Waals surface area contributed by atoms with Gasteiger partial charge in [0.2, 0.25) is 0 Å². The molecule has 0 saturated carbocycles. The van der Waals surface area contributed by atoms with Gasteiger partial charge in [0, 0.05) is 5.75 Å². The first-order chi connectivity index (χ1) is 8.95. The van der Waals surface area contributed by atoms with Crippen LogP contribution in [0.25, 0.3) is 0 Å². The normalized spacial score (nSPS) is 12.9. The van der Waals surface area contributed by atoms with Crippen LogP contribution in [0.2, 0.25) is 0 Å². The fourth-order valence-corrected chi connectivity index (χ4v) is 2.75. The fraction of sp³-hybridized carbons (Fsp3) is 1.00. The van der Waals surface area contributed by atoms with Gasteiger partial charge in [0.15, 0.2) is 0 Å². The van der Waals surface area contributed by atoms with Crippen molar-refractivity contribution >= 4 is 10.1 Å². The Kier molecular flexibility index (Phi) is 17.1. The molecule has 0 aromatic heterocycles. The van der Waals surface area contributed by atoms with Crippen molar-refractivity contribution in [3.05, 3.63) is 0 Å². The molecule has 4 nitrogen and oxygen atoms in total. The Bertz CT molecular complexity index is 294. The quantitative estimate of drug-likeness (QED) is 0.299. The summed E-state index contributed by atoms with van der Waals surface area (Å²) in [5.74, 6) is -0.220. The van der Waals surface area contributed by atoms with Gasteiger partial charge in [-0.2, -0.15) is 0 Å². The summed E-state index contributed by atoms with van der Waals surface area (Å²) in [7, 11) is -4.02. The molecular formula is C14H29NaO4S. The molecule has 116 valence electrons. The van der Waals surface area contributed by atoms with Gasteiger partial charge in [-0.3, -0.25) is 0 Å². The molecule has 0 radical (unpaired) electrons. The van der Waals surface area contributed by atoms with Crippen LogP contribution in [-0.2, 0) is 10.1 Å². The molecule has 0 aliphatic rings. The summed E-state index contributed by atoms with van der Waals surface area (Å²) in [6.07, 6.45) is 10.8. The first kappa shape index (κ1) is 23.1. The van der Waals surface area contributed by atoms with Crippen molar-refractivity contribution in [2.75, 3.05) is 5.75 Å². The number of aliphatic hydroxyl groups is 1. The molecule has 0 bridgehead atoms. The van der Waals surface area contributed by atoms with Crippen LogP contribution in [0.5, 0.6) is 0 Å². The zero-order chi connectivity index (χ0) is 14.6. The largest absolute Gasteiger partial charge is 1.00 e. The minimum atomic E-state index is -4.02. The van der Waals surface area contributed by atoms with E-state index in [2.05, 4.69) is 6.92 Å². The third kappa shape index (κ3) is 18.9. The summed E-state index contributed by atoms with van der Waals surface area (Å²) in [6, 6.07) is 0. The molecule has 1 atom stereocenters. The molecule has 0 rings (SSSR count). The maximum atomic E-state index is 10.4. The van der Waals surface area contributed by atoms with Crippen LogP contribution in [-0.4, -0.2) is 29.9 Å². The Morgan fingerprint density at radius 2 is 1.35 bits per heavy atom. The minimum Gasteiger partial charge on any atom is -0.748 e. The van der Waals surface area contributed by atoms with E-state index >= 15 is 0 Å². The predicted octanol–water partition coefficient (Wildman–Crippen LogP) is 0.208. The van der Waals surface area contributed by atoms with Crippen LogP contribution in [0.15, 0.2) is 0 Å². The second-order valence-corrected chi connectivity index (χ2v) is 6.85. The number of aliphatic hydroxyl groups excluding tert-OH is 1. The molecule has 0 heterocycles. The predicted molar refractivity (Wildman–Crippen MR) is 77.0 cm³/mol. The van der Waals surface area contributed by atoms with Crippen LogP contribution in [0.3, 0.4) is 0 Å². The van der Waals surface area contributed by atoms with E-state index in [0.29, 0.717) is 6.42 Å². The molecule has 0 saturated heterocycles. The smallest absolute Gasteiger partial charge is 0.748 e. The van der Waals surface area contributed by atoms with Gasteiger partial charge >= 0.3 is 29.6 Å². The van der Waals surface area contributed by atoms with Crippen LogP contribution in [0, 0.1) is 0 Å². The summed E-state index contributed by atoms with van der Waals surface area (Å²) in [6.45, 7) is 2.08. The van der Waals surface area contributed by atoms with Crippen LogP contribution in [0.4, 0.5) is 0 Å². The molecule has 0 aliphatic carbocycles. The Balaban J connectivity index is 0. The molecule has 1 N–H and O–H groups in total. The number of hydrogen-bond acceptors (Lipinski definition) is 4. The van der Waals surface area contributed by atoms with E-state index in [0.717, 1.165) is 57.8 Å². The van der Waals surface area contributed by atoms with Gasteiger partial charge in [-0.05, 0) is 19.3 Å². The zero-order valence-corrected chi connectivity index (χ0v) is 16.0. The molecule has 0 amide bonds. The molecule has 0 aromatic carbocycles. The molecule has 6 heteroatoms.